The Balaban J connectivity index is 2.13. The fourth-order valence-electron chi connectivity index (χ4n) is 3.71. The van der Waals surface area contributed by atoms with E-state index in [0.29, 0.717) is 5.41 Å². The van der Waals surface area contributed by atoms with E-state index in [4.69, 9.17) is 0 Å². The van der Waals surface area contributed by atoms with Crippen molar-refractivity contribution < 1.29 is 9.90 Å². The molecule has 16 heavy (non-hydrogen) atoms. The second kappa shape index (κ2) is 4.05. The summed E-state index contributed by atoms with van der Waals surface area (Å²) < 4.78 is 0. The molecule has 2 rings (SSSR count). The fraction of sp³-hybridized carbons (Fsp3) is 0.929. The normalized spacial score (nSPS) is 32.5. The van der Waals surface area contributed by atoms with Crippen molar-refractivity contribution in [3.63, 3.8) is 0 Å². The van der Waals surface area contributed by atoms with E-state index in [2.05, 4.69) is 13.8 Å². The number of hydrogen-bond acceptors (Lipinski definition) is 1. The van der Waals surface area contributed by atoms with Crippen LogP contribution in [0.15, 0.2) is 0 Å². The van der Waals surface area contributed by atoms with Crippen LogP contribution in [0.3, 0.4) is 0 Å². The smallest absolute Gasteiger partial charge is 0.307 e. The predicted octanol–water partition coefficient (Wildman–Crippen LogP) is 3.85. The zero-order valence-corrected chi connectivity index (χ0v) is 10.6. The van der Waals surface area contributed by atoms with Crippen molar-refractivity contribution in [2.24, 2.45) is 16.7 Å². The SMILES string of the molecule is CC1(C)CCC2(CCCCC2C(=O)O)CC1. The molecule has 92 valence electrons. The summed E-state index contributed by atoms with van der Waals surface area (Å²) in [6.07, 6.45) is 9.10. The van der Waals surface area contributed by atoms with Gasteiger partial charge in [-0.15, -0.1) is 0 Å². The lowest BCUT2D eigenvalue weighted by Crippen LogP contribution is -2.42. The topological polar surface area (TPSA) is 37.3 Å². The number of hydrogen-bond donors (Lipinski definition) is 1. The molecule has 0 aromatic carbocycles. The molecule has 0 heterocycles. The van der Waals surface area contributed by atoms with E-state index in [9.17, 15) is 9.90 Å². The van der Waals surface area contributed by atoms with E-state index in [0.717, 1.165) is 32.1 Å². The van der Waals surface area contributed by atoms with Crippen molar-refractivity contribution >= 4 is 5.97 Å². The number of carboxylic acids is 1. The third-order valence-corrected chi connectivity index (χ3v) is 5.05. The Kier molecular flexibility index (Phi) is 3.02. The summed E-state index contributed by atoms with van der Waals surface area (Å²) in [6.45, 7) is 4.64. The number of carbonyl (C=O) groups is 1. The predicted molar refractivity (Wildman–Crippen MR) is 64.3 cm³/mol. The monoisotopic (exact) mass is 224 g/mol. The highest BCUT2D eigenvalue weighted by Gasteiger charge is 2.47. The Morgan fingerprint density at radius 2 is 1.69 bits per heavy atom. The van der Waals surface area contributed by atoms with Crippen LogP contribution in [-0.4, -0.2) is 11.1 Å². The van der Waals surface area contributed by atoms with Crippen molar-refractivity contribution in [2.45, 2.75) is 65.2 Å². The van der Waals surface area contributed by atoms with Crippen molar-refractivity contribution in [2.75, 3.05) is 0 Å². The molecule has 1 N–H and O–H groups in total. The van der Waals surface area contributed by atoms with Crippen molar-refractivity contribution in [1.29, 1.82) is 0 Å². The Bertz CT molecular complexity index is 270. The van der Waals surface area contributed by atoms with E-state index >= 15 is 0 Å². The molecule has 0 bridgehead atoms. The average Bonchev–Trinajstić information content (AvgIpc) is 2.23. The molecule has 0 radical (unpaired) electrons. The van der Waals surface area contributed by atoms with Crippen LogP contribution in [0, 0.1) is 16.7 Å². The van der Waals surface area contributed by atoms with Gasteiger partial charge in [0, 0.05) is 0 Å². The third-order valence-electron chi connectivity index (χ3n) is 5.05. The summed E-state index contributed by atoms with van der Waals surface area (Å²) in [5.74, 6) is -0.600. The van der Waals surface area contributed by atoms with Crippen LogP contribution in [-0.2, 0) is 4.79 Å². The Morgan fingerprint density at radius 3 is 2.25 bits per heavy atom. The van der Waals surface area contributed by atoms with Gasteiger partial charge in [0.05, 0.1) is 5.92 Å². The highest BCUT2D eigenvalue weighted by atomic mass is 16.4. The second-order valence-electron chi connectivity index (χ2n) is 6.66. The quantitative estimate of drug-likeness (QED) is 0.734. The van der Waals surface area contributed by atoms with Crippen LogP contribution in [0.2, 0.25) is 0 Å². The summed E-state index contributed by atoms with van der Waals surface area (Å²) >= 11 is 0. The van der Waals surface area contributed by atoms with Gasteiger partial charge in [-0.2, -0.15) is 0 Å². The van der Waals surface area contributed by atoms with Crippen LogP contribution < -0.4 is 0 Å². The lowest BCUT2D eigenvalue weighted by atomic mass is 9.55. The van der Waals surface area contributed by atoms with Gasteiger partial charge in [-0.1, -0.05) is 26.7 Å². The molecule has 1 atom stereocenters. The number of carboxylic acid groups (broad SMARTS) is 1. The molecular formula is C14H24O2. The molecule has 0 aromatic rings. The van der Waals surface area contributed by atoms with Gasteiger partial charge in [0.2, 0.25) is 0 Å². The molecule has 2 aliphatic carbocycles. The van der Waals surface area contributed by atoms with Crippen LogP contribution in [0.5, 0.6) is 0 Å². The molecule has 0 amide bonds. The maximum Gasteiger partial charge on any atom is 0.307 e. The van der Waals surface area contributed by atoms with Gasteiger partial charge in [-0.25, -0.2) is 0 Å². The minimum absolute atomic E-state index is 0.0580. The van der Waals surface area contributed by atoms with Gasteiger partial charge in [-0.05, 0) is 49.4 Å². The Morgan fingerprint density at radius 1 is 1.06 bits per heavy atom. The molecular weight excluding hydrogens is 200 g/mol. The Labute approximate surface area is 98.4 Å². The summed E-state index contributed by atoms with van der Waals surface area (Å²) in [5.41, 5.74) is 0.589. The highest BCUT2D eigenvalue weighted by Crippen LogP contribution is 2.54. The summed E-state index contributed by atoms with van der Waals surface area (Å²) in [6, 6.07) is 0. The largest absolute Gasteiger partial charge is 0.481 e. The van der Waals surface area contributed by atoms with Crippen LogP contribution in [0.25, 0.3) is 0 Å². The maximum atomic E-state index is 11.4. The standard InChI is InChI=1S/C14H24O2/c1-13(2)7-9-14(10-8-13)6-4-3-5-11(14)12(15)16/h11H,3-10H2,1-2H3,(H,15,16). The minimum atomic E-state index is -0.542. The van der Waals surface area contributed by atoms with Crippen LogP contribution in [0.1, 0.15) is 65.2 Å². The molecule has 0 aliphatic heterocycles. The molecule has 0 saturated heterocycles. The molecule has 0 aromatic heterocycles. The first-order valence-corrected chi connectivity index (χ1v) is 6.68. The van der Waals surface area contributed by atoms with Gasteiger partial charge in [0.15, 0.2) is 0 Å². The first-order chi connectivity index (χ1) is 7.45. The van der Waals surface area contributed by atoms with Crippen molar-refractivity contribution in [3.05, 3.63) is 0 Å². The van der Waals surface area contributed by atoms with E-state index < -0.39 is 5.97 Å². The summed E-state index contributed by atoms with van der Waals surface area (Å²) in [4.78, 5) is 11.4. The zero-order chi connectivity index (χ0) is 11.8. The van der Waals surface area contributed by atoms with Crippen LogP contribution in [0.4, 0.5) is 0 Å². The van der Waals surface area contributed by atoms with E-state index in [1.165, 1.54) is 19.3 Å². The number of rotatable bonds is 1. The highest BCUT2D eigenvalue weighted by molar-refractivity contribution is 5.71. The first kappa shape index (κ1) is 11.9. The molecule has 2 aliphatic rings. The molecule has 2 saturated carbocycles. The molecule has 2 nitrogen and oxygen atoms in total. The Hall–Kier alpha value is -0.530. The summed E-state index contributed by atoms with van der Waals surface area (Å²) in [5, 5.41) is 9.39. The van der Waals surface area contributed by atoms with Crippen molar-refractivity contribution in [1.82, 2.24) is 0 Å². The number of aliphatic carboxylic acids is 1. The third kappa shape index (κ3) is 2.11. The zero-order valence-electron chi connectivity index (χ0n) is 10.6. The molecule has 1 spiro atoms. The summed E-state index contributed by atoms with van der Waals surface area (Å²) in [7, 11) is 0. The van der Waals surface area contributed by atoms with E-state index in [-0.39, 0.29) is 11.3 Å². The lowest BCUT2D eigenvalue weighted by Gasteiger charge is -2.49. The van der Waals surface area contributed by atoms with Gasteiger partial charge in [0.1, 0.15) is 0 Å². The van der Waals surface area contributed by atoms with Gasteiger partial charge < -0.3 is 5.11 Å². The average molecular weight is 224 g/mol. The van der Waals surface area contributed by atoms with Crippen LogP contribution >= 0.6 is 0 Å². The molecule has 2 fully saturated rings. The molecule has 1 unspecified atom stereocenters. The lowest BCUT2D eigenvalue weighted by molar-refractivity contribution is -0.151. The van der Waals surface area contributed by atoms with Gasteiger partial charge in [-0.3, -0.25) is 4.79 Å². The van der Waals surface area contributed by atoms with E-state index in [1.54, 1.807) is 0 Å². The van der Waals surface area contributed by atoms with Gasteiger partial charge >= 0.3 is 5.97 Å². The second-order valence-corrected chi connectivity index (χ2v) is 6.66. The van der Waals surface area contributed by atoms with Gasteiger partial charge in [0.25, 0.3) is 0 Å². The first-order valence-electron chi connectivity index (χ1n) is 6.68. The van der Waals surface area contributed by atoms with E-state index in [1.807, 2.05) is 0 Å². The maximum absolute atomic E-state index is 11.4. The fourth-order valence-corrected chi connectivity index (χ4v) is 3.71. The molecule has 2 heteroatoms. The minimum Gasteiger partial charge on any atom is -0.481 e. The van der Waals surface area contributed by atoms with Crippen molar-refractivity contribution in [3.8, 4) is 0 Å².